The van der Waals surface area contributed by atoms with Crippen LogP contribution in [0.5, 0.6) is 0 Å². The quantitative estimate of drug-likeness (QED) is 0.702. The lowest BCUT2D eigenvalue weighted by molar-refractivity contribution is 0.312. The Labute approximate surface area is 183 Å². The normalized spacial score (nSPS) is 19.1. The number of aromatic nitrogens is 2. The van der Waals surface area contributed by atoms with Crippen molar-refractivity contribution in [1.82, 2.24) is 19.2 Å². The Balaban J connectivity index is 1.48. The number of rotatable bonds is 4. The van der Waals surface area contributed by atoms with Crippen molar-refractivity contribution >= 4 is 21.7 Å². The van der Waals surface area contributed by atoms with Crippen molar-refractivity contribution in [2.75, 3.05) is 69.2 Å². The molecule has 0 radical (unpaired) electrons. The van der Waals surface area contributed by atoms with Crippen LogP contribution in [0.15, 0.2) is 29.2 Å². The molecule has 0 saturated carbocycles. The van der Waals surface area contributed by atoms with Crippen LogP contribution in [-0.2, 0) is 10.0 Å². The van der Waals surface area contributed by atoms with E-state index in [1.54, 1.807) is 6.92 Å². The first-order valence-electron chi connectivity index (χ1n) is 10.5. The van der Waals surface area contributed by atoms with Gasteiger partial charge < -0.3 is 14.7 Å². The molecule has 3 heterocycles. The molecule has 2 aliphatic rings. The average Bonchev–Trinajstić information content (AvgIpc) is 2.75. The van der Waals surface area contributed by atoms with E-state index in [1.165, 1.54) is 16.4 Å². The molecule has 2 fully saturated rings. The molecule has 8 nitrogen and oxygen atoms in total. The average molecular weight is 449 g/mol. The molecule has 31 heavy (non-hydrogen) atoms. The van der Waals surface area contributed by atoms with Crippen LogP contribution in [0.4, 0.5) is 16.0 Å². The standard InChI is InChI=1S/C21H29FN6O2S/c1-16-4-5-18(22)14-19(16)31(29,30)28-12-10-27(11-13-28)21-15-20(23-17(2)24-21)26-8-6-25(3)7-9-26/h4-5,14-15H,6-13H2,1-3H3. The molecule has 0 bridgehead atoms. The Morgan fingerprint density at radius 1 is 0.839 bits per heavy atom. The van der Waals surface area contributed by atoms with E-state index in [1.807, 2.05) is 13.0 Å². The maximum absolute atomic E-state index is 13.7. The lowest BCUT2D eigenvalue weighted by atomic mass is 10.2. The molecular formula is C21H29FN6O2S. The molecule has 1 aromatic heterocycles. The Morgan fingerprint density at radius 2 is 1.39 bits per heavy atom. The van der Waals surface area contributed by atoms with Crippen LogP contribution in [-0.4, -0.2) is 87.0 Å². The second kappa shape index (κ2) is 8.68. The zero-order valence-corrected chi connectivity index (χ0v) is 19.1. The number of nitrogens with zero attached hydrogens (tertiary/aromatic N) is 6. The molecule has 2 aliphatic heterocycles. The number of halogens is 1. The van der Waals surface area contributed by atoms with Gasteiger partial charge in [-0.15, -0.1) is 0 Å². The number of likely N-dealkylation sites (N-methyl/N-ethyl adjacent to an activating group) is 1. The summed E-state index contributed by atoms with van der Waals surface area (Å²) < 4.78 is 41.2. The van der Waals surface area contributed by atoms with E-state index in [2.05, 4.69) is 31.7 Å². The molecule has 2 aromatic rings. The van der Waals surface area contributed by atoms with Gasteiger partial charge in [0, 0.05) is 58.4 Å². The van der Waals surface area contributed by atoms with E-state index >= 15 is 0 Å². The molecule has 168 valence electrons. The van der Waals surface area contributed by atoms with Crippen molar-refractivity contribution in [3.63, 3.8) is 0 Å². The third-order valence-corrected chi connectivity index (χ3v) is 8.01. The minimum absolute atomic E-state index is 0.0381. The number of piperazine rings is 2. The second-order valence-electron chi connectivity index (χ2n) is 8.22. The van der Waals surface area contributed by atoms with Gasteiger partial charge in [-0.25, -0.2) is 22.8 Å². The van der Waals surface area contributed by atoms with Crippen LogP contribution < -0.4 is 9.80 Å². The fraction of sp³-hybridized carbons (Fsp3) is 0.524. The Kier molecular flexibility index (Phi) is 6.14. The summed E-state index contributed by atoms with van der Waals surface area (Å²) in [6, 6.07) is 5.88. The predicted octanol–water partition coefficient (Wildman–Crippen LogP) is 1.50. The Morgan fingerprint density at radius 3 is 1.97 bits per heavy atom. The molecule has 10 heteroatoms. The van der Waals surface area contributed by atoms with Crippen molar-refractivity contribution in [2.45, 2.75) is 18.7 Å². The van der Waals surface area contributed by atoms with E-state index in [-0.39, 0.29) is 4.90 Å². The zero-order valence-electron chi connectivity index (χ0n) is 18.3. The molecule has 0 N–H and O–H groups in total. The number of benzene rings is 1. The van der Waals surface area contributed by atoms with Crippen molar-refractivity contribution in [3.8, 4) is 0 Å². The highest BCUT2D eigenvalue weighted by Crippen LogP contribution is 2.25. The maximum Gasteiger partial charge on any atom is 0.243 e. The topological polar surface area (TPSA) is 72.9 Å². The van der Waals surface area contributed by atoms with Crippen LogP contribution >= 0.6 is 0 Å². The lowest BCUT2D eigenvalue weighted by Gasteiger charge is -2.36. The third kappa shape index (κ3) is 4.65. The molecular weight excluding hydrogens is 419 g/mol. The van der Waals surface area contributed by atoms with Gasteiger partial charge in [-0.2, -0.15) is 4.31 Å². The van der Waals surface area contributed by atoms with E-state index in [0.29, 0.717) is 37.6 Å². The van der Waals surface area contributed by atoms with Gasteiger partial charge in [0.1, 0.15) is 23.3 Å². The molecule has 0 amide bonds. The van der Waals surface area contributed by atoms with Crippen molar-refractivity contribution < 1.29 is 12.8 Å². The summed E-state index contributed by atoms with van der Waals surface area (Å²) in [5.41, 5.74) is 0.548. The Hall–Kier alpha value is -2.30. The lowest BCUT2D eigenvalue weighted by Crippen LogP contribution is -2.49. The van der Waals surface area contributed by atoms with Crippen molar-refractivity contribution in [1.29, 1.82) is 0 Å². The molecule has 4 rings (SSSR count). The zero-order chi connectivity index (χ0) is 22.2. The molecule has 0 aliphatic carbocycles. The van der Waals surface area contributed by atoms with Gasteiger partial charge >= 0.3 is 0 Å². The van der Waals surface area contributed by atoms with Gasteiger partial charge in [0.25, 0.3) is 0 Å². The maximum atomic E-state index is 13.7. The number of hydrogen-bond donors (Lipinski definition) is 0. The summed E-state index contributed by atoms with van der Waals surface area (Å²) >= 11 is 0. The molecule has 0 unspecified atom stereocenters. The summed E-state index contributed by atoms with van der Waals surface area (Å²) in [7, 11) is -1.62. The highest BCUT2D eigenvalue weighted by atomic mass is 32.2. The van der Waals surface area contributed by atoms with Crippen molar-refractivity contribution in [2.24, 2.45) is 0 Å². The van der Waals surface area contributed by atoms with Crippen LogP contribution in [0.3, 0.4) is 0 Å². The van der Waals surface area contributed by atoms with Gasteiger partial charge in [-0.3, -0.25) is 0 Å². The highest BCUT2D eigenvalue weighted by Gasteiger charge is 2.30. The SMILES string of the molecule is Cc1nc(N2CCN(C)CC2)cc(N2CCN(S(=O)(=O)c3cc(F)ccc3C)CC2)n1. The summed E-state index contributed by atoms with van der Waals surface area (Å²) in [5, 5.41) is 0. The highest BCUT2D eigenvalue weighted by molar-refractivity contribution is 7.89. The van der Waals surface area contributed by atoms with E-state index in [4.69, 9.17) is 0 Å². The van der Waals surface area contributed by atoms with Crippen LogP contribution in [0, 0.1) is 19.7 Å². The van der Waals surface area contributed by atoms with Gasteiger partial charge in [0.15, 0.2) is 0 Å². The van der Waals surface area contributed by atoms with E-state index in [0.717, 1.165) is 43.9 Å². The number of aryl methyl sites for hydroxylation is 2. The first-order chi connectivity index (χ1) is 14.7. The van der Waals surface area contributed by atoms with Crippen LogP contribution in [0.25, 0.3) is 0 Å². The molecule has 1 aromatic carbocycles. The fourth-order valence-electron chi connectivity index (χ4n) is 4.04. The molecule has 0 spiro atoms. The first kappa shape index (κ1) is 21.9. The van der Waals surface area contributed by atoms with Crippen LogP contribution in [0.2, 0.25) is 0 Å². The summed E-state index contributed by atoms with van der Waals surface area (Å²) in [5.74, 6) is 1.90. The smallest absolute Gasteiger partial charge is 0.243 e. The first-order valence-corrected chi connectivity index (χ1v) is 12.0. The summed E-state index contributed by atoms with van der Waals surface area (Å²) in [4.78, 5) is 15.9. The third-order valence-electron chi connectivity index (χ3n) is 5.97. The minimum atomic E-state index is -3.74. The predicted molar refractivity (Wildman–Crippen MR) is 119 cm³/mol. The molecule has 2 saturated heterocycles. The monoisotopic (exact) mass is 448 g/mol. The summed E-state index contributed by atoms with van der Waals surface area (Å²) in [6.45, 7) is 9.09. The van der Waals surface area contributed by atoms with Gasteiger partial charge in [-0.1, -0.05) is 6.07 Å². The second-order valence-corrected chi connectivity index (χ2v) is 10.1. The van der Waals surface area contributed by atoms with Crippen molar-refractivity contribution in [3.05, 3.63) is 41.5 Å². The number of sulfonamides is 1. The largest absolute Gasteiger partial charge is 0.354 e. The summed E-state index contributed by atoms with van der Waals surface area (Å²) in [6.07, 6.45) is 0. The molecule has 0 atom stereocenters. The fourth-order valence-corrected chi connectivity index (χ4v) is 5.70. The number of hydrogen-bond acceptors (Lipinski definition) is 7. The van der Waals surface area contributed by atoms with E-state index < -0.39 is 15.8 Å². The van der Waals surface area contributed by atoms with Gasteiger partial charge in [-0.05, 0) is 38.6 Å². The van der Waals surface area contributed by atoms with Crippen LogP contribution in [0.1, 0.15) is 11.4 Å². The minimum Gasteiger partial charge on any atom is -0.354 e. The Bertz CT molecular complexity index is 1050. The van der Waals surface area contributed by atoms with Gasteiger partial charge in [0.2, 0.25) is 10.0 Å². The number of anilines is 2. The van der Waals surface area contributed by atoms with Gasteiger partial charge in [0.05, 0.1) is 4.90 Å². The van der Waals surface area contributed by atoms with E-state index in [9.17, 15) is 12.8 Å².